The van der Waals surface area contributed by atoms with E-state index >= 15 is 0 Å². The largest absolute Gasteiger partial charge is 0.467 e. The van der Waals surface area contributed by atoms with Crippen molar-refractivity contribution in [3.8, 4) is 0 Å². The number of nitrogens with one attached hydrogen (secondary N) is 1. The SMILES string of the molecule is CC(Br)C(=O)NCc1ccco1. The molecule has 1 aromatic heterocycles. The summed E-state index contributed by atoms with van der Waals surface area (Å²) < 4.78 is 5.03. The van der Waals surface area contributed by atoms with Gasteiger partial charge in [0, 0.05) is 0 Å². The molecule has 0 aliphatic carbocycles. The van der Waals surface area contributed by atoms with Crippen LogP contribution in [0.5, 0.6) is 0 Å². The van der Waals surface area contributed by atoms with Crippen LogP contribution < -0.4 is 5.32 Å². The van der Waals surface area contributed by atoms with E-state index < -0.39 is 0 Å². The Hall–Kier alpha value is -0.770. The summed E-state index contributed by atoms with van der Waals surface area (Å²) in [6, 6.07) is 3.61. The van der Waals surface area contributed by atoms with Crippen LogP contribution in [-0.2, 0) is 11.3 Å². The van der Waals surface area contributed by atoms with Crippen LogP contribution in [0, 0.1) is 0 Å². The molecule has 12 heavy (non-hydrogen) atoms. The lowest BCUT2D eigenvalue weighted by molar-refractivity contribution is -0.120. The summed E-state index contributed by atoms with van der Waals surface area (Å²) >= 11 is 3.16. The number of furan rings is 1. The van der Waals surface area contributed by atoms with Crippen molar-refractivity contribution < 1.29 is 9.21 Å². The van der Waals surface area contributed by atoms with E-state index in [1.165, 1.54) is 0 Å². The van der Waals surface area contributed by atoms with Crippen molar-refractivity contribution in [3.05, 3.63) is 24.2 Å². The van der Waals surface area contributed by atoms with Crippen LogP contribution in [0.1, 0.15) is 12.7 Å². The van der Waals surface area contributed by atoms with Crippen LogP contribution in [0.15, 0.2) is 22.8 Å². The summed E-state index contributed by atoms with van der Waals surface area (Å²) in [6.07, 6.45) is 1.58. The van der Waals surface area contributed by atoms with E-state index in [0.29, 0.717) is 6.54 Å². The summed E-state index contributed by atoms with van der Waals surface area (Å²) in [7, 11) is 0. The molecule has 66 valence electrons. The predicted octanol–water partition coefficient (Wildman–Crippen LogP) is 1.68. The van der Waals surface area contributed by atoms with Crippen molar-refractivity contribution in [1.29, 1.82) is 0 Å². The number of alkyl halides is 1. The zero-order chi connectivity index (χ0) is 8.97. The lowest BCUT2D eigenvalue weighted by atomic mass is 10.4. The second-order valence-electron chi connectivity index (χ2n) is 2.41. The number of rotatable bonds is 3. The fourth-order valence-electron chi connectivity index (χ4n) is 0.728. The minimum atomic E-state index is -0.160. The second-order valence-corrected chi connectivity index (χ2v) is 3.79. The lowest BCUT2D eigenvalue weighted by Crippen LogP contribution is -2.28. The van der Waals surface area contributed by atoms with Gasteiger partial charge in [-0.15, -0.1) is 0 Å². The third-order valence-electron chi connectivity index (χ3n) is 1.38. The fraction of sp³-hybridized carbons (Fsp3) is 0.375. The molecule has 1 aromatic rings. The molecule has 0 saturated heterocycles. The van der Waals surface area contributed by atoms with E-state index in [1.54, 1.807) is 19.3 Å². The van der Waals surface area contributed by atoms with Crippen LogP contribution >= 0.6 is 15.9 Å². The molecule has 0 spiro atoms. The Morgan fingerprint density at radius 3 is 3.08 bits per heavy atom. The normalized spacial score (nSPS) is 12.5. The average Bonchev–Trinajstić information content (AvgIpc) is 2.51. The minimum Gasteiger partial charge on any atom is -0.467 e. The van der Waals surface area contributed by atoms with Gasteiger partial charge in [-0.2, -0.15) is 0 Å². The van der Waals surface area contributed by atoms with Crippen molar-refractivity contribution in [3.63, 3.8) is 0 Å². The first-order valence-corrected chi connectivity index (χ1v) is 4.56. The molecule has 0 aliphatic heterocycles. The molecular weight excluding hydrogens is 222 g/mol. The van der Waals surface area contributed by atoms with Gasteiger partial charge in [0.15, 0.2) is 0 Å². The van der Waals surface area contributed by atoms with Gasteiger partial charge in [-0.3, -0.25) is 4.79 Å². The molecule has 3 nitrogen and oxygen atoms in total. The van der Waals surface area contributed by atoms with Gasteiger partial charge in [0.05, 0.1) is 17.6 Å². The number of halogens is 1. The van der Waals surface area contributed by atoms with Gasteiger partial charge in [-0.1, -0.05) is 15.9 Å². The van der Waals surface area contributed by atoms with Crippen molar-refractivity contribution >= 4 is 21.8 Å². The van der Waals surface area contributed by atoms with Crippen LogP contribution in [0.2, 0.25) is 0 Å². The highest BCUT2D eigenvalue weighted by atomic mass is 79.9. The summed E-state index contributed by atoms with van der Waals surface area (Å²) in [5.74, 6) is 0.725. The predicted molar refractivity (Wildman–Crippen MR) is 48.9 cm³/mol. The number of carbonyl (C=O) groups excluding carboxylic acids is 1. The third kappa shape index (κ3) is 2.70. The van der Waals surface area contributed by atoms with E-state index in [-0.39, 0.29) is 10.7 Å². The molecule has 1 N–H and O–H groups in total. The topological polar surface area (TPSA) is 42.2 Å². The van der Waals surface area contributed by atoms with Crippen molar-refractivity contribution in [2.45, 2.75) is 18.3 Å². The van der Waals surface area contributed by atoms with E-state index in [2.05, 4.69) is 21.2 Å². The van der Waals surface area contributed by atoms with Crippen LogP contribution in [0.3, 0.4) is 0 Å². The monoisotopic (exact) mass is 231 g/mol. The summed E-state index contributed by atoms with van der Waals surface area (Å²) in [5, 5.41) is 2.70. The van der Waals surface area contributed by atoms with Gasteiger partial charge in [-0.25, -0.2) is 0 Å². The molecule has 1 rings (SSSR count). The highest BCUT2D eigenvalue weighted by Crippen LogP contribution is 2.01. The van der Waals surface area contributed by atoms with E-state index in [4.69, 9.17) is 4.42 Å². The van der Waals surface area contributed by atoms with Crippen LogP contribution in [0.25, 0.3) is 0 Å². The quantitative estimate of drug-likeness (QED) is 0.805. The molecule has 0 aromatic carbocycles. The lowest BCUT2D eigenvalue weighted by Gasteiger charge is -2.03. The van der Waals surface area contributed by atoms with Crippen molar-refractivity contribution in [2.24, 2.45) is 0 Å². The standard InChI is InChI=1S/C8H10BrNO2/c1-6(9)8(11)10-5-7-3-2-4-12-7/h2-4,6H,5H2,1H3,(H,10,11). The number of hydrogen-bond donors (Lipinski definition) is 1. The van der Waals surface area contributed by atoms with E-state index in [1.807, 2.05) is 6.07 Å². The Morgan fingerprint density at radius 2 is 2.58 bits per heavy atom. The molecule has 0 saturated carbocycles. The first kappa shape index (κ1) is 9.32. The van der Waals surface area contributed by atoms with Crippen molar-refractivity contribution in [2.75, 3.05) is 0 Å². The third-order valence-corrected chi connectivity index (χ3v) is 1.79. The molecule has 1 unspecified atom stereocenters. The van der Waals surface area contributed by atoms with Gasteiger partial charge in [0.1, 0.15) is 5.76 Å². The number of amides is 1. The Bertz CT molecular complexity index is 244. The highest BCUT2D eigenvalue weighted by molar-refractivity contribution is 9.10. The number of carbonyl (C=O) groups is 1. The minimum absolute atomic E-state index is 0.0357. The summed E-state index contributed by atoms with van der Waals surface area (Å²) in [4.78, 5) is 10.9. The maximum atomic E-state index is 11.0. The zero-order valence-electron chi connectivity index (χ0n) is 6.71. The molecule has 4 heteroatoms. The average molecular weight is 232 g/mol. The molecule has 1 amide bonds. The van der Waals surface area contributed by atoms with Gasteiger partial charge in [0.2, 0.25) is 5.91 Å². The van der Waals surface area contributed by atoms with Crippen molar-refractivity contribution in [1.82, 2.24) is 5.32 Å². The molecule has 0 aliphatic rings. The smallest absolute Gasteiger partial charge is 0.233 e. The molecule has 0 radical (unpaired) electrons. The maximum absolute atomic E-state index is 11.0. The molecule has 1 atom stereocenters. The van der Waals surface area contributed by atoms with Gasteiger partial charge in [-0.05, 0) is 19.1 Å². The first-order chi connectivity index (χ1) is 5.70. The second kappa shape index (κ2) is 4.30. The molecule has 1 heterocycles. The van der Waals surface area contributed by atoms with E-state index in [0.717, 1.165) is 5.76 Å². The summed E-state index contributed by atoms with van der Waals surface area (Å²) in [5.41, 5.74) is 0. The zero-order valence-corrected chi connectivity index (χ0v) is 8.30. The van der Waals surface area contributed by atoms with Gasteiger partial charge < -0.3 is 9.73 Å². The van der Waals surface area contributed by atoms with Crippen LogP contribution in [0.4, 0.5) is 0 Å². The van der Waals surface area contributed by atoms with Gasteiger partial charge in [0.25, 0.3) is 0 Å². The Morgan fingerprint density at radius 1 is 1.83 bits per heavy atom. The van der Waals surface area contributed by atoms with Crippen LogP contribution in [-0.4, -0.2) is 10.7 Å². The molecule has 0 bridgehead atoms. The Labute approximate surface area is 79.3 Å². The molecular formula is C8H10BrNO2. The maximum Gasteiger partial charge on any atom is 0.233 e. The first-order valence-electron chi connectivity index (χ1n) is 3.64. The summed E-state index contributed by atoms with van der Waals surface area (Å²) in [6.45, 7) is 2.22. The highest BCUT2D eigenvalue weighted by Gasteiger charge is 2.07. The molecule has 0 fully saturated rings. The number of hydrogen-bond acceptors (Lipinski definition) is 2. The van der Waals surface area contributed by atoms with E-state index in [9.17, 15) is 4.79 Å². The van der Waals surface area contributed by atoms with Gasteiger partial charge >= 0.3 is 0 Å². The Balaban J connectivity index is 2.32. The fourth-order valence-corrected chi connectivity index (χ4v) is 0.890. The Kier molecular flexibility index (Phi) is 3.34.